The number of pyridine rings is 1. The normalized spacial score (nSPS) is 10.7. The van der Waals surface area contributed by atoms with Crippen molar-refractivity contribution in [2.75, 3.05) is 21.3 Å². The van der Waals surface area contributed by atoms with Crippen molar-refractivity contribution in [2.24, 2.45) is 0 Å². The van der Waals surface area contributed by atoms with Crippen molar-refractivity contribution in [1.29, 1.82) is 0 Å². The number of methoxy groups -OCH3 is 3. The van der Waals surface area contributed by atoms with Crippen LogP contribution in [0.25, 0.3) is 12.2 Å². The minimum atomic E-state index is -0.424. The monoisotopic (exact) mass is 483 g/mol. The first-order valence-electron chi connectivity index (χ1n) is 9.39. The minimum Gasteiger partial charge on any atom is -0.495 e. The molecule has 0 aliphatic heterocycles. The van der Waals surface area contributed by atoms with E-state index in [1.54, 1.807) is 38.7 Å². The summed E-state index contributed by atoms with van der Waals surface area (Å²) in [5.41, 5.74) is 3.07. The average molecular weight is 484 g/mol. The summed E-state index contributed by atoms with van der Waals surface area (Å²) in [5.74, 6) is 1.46. The van der Waals surface area contributed by atoms with Gasteiger partial charge in [0.05, 0.1) is 26.9 Å². The fourth-order valence-corrected chi connectivity index (χ4v) is 3.41. The predicted octanol–water partition coefficient (Wildman–Crippen LogP) is 5.40. The van der Waals surface area contributed by atoms with Crippen molar-refractivity contribution < 1.29 is 23.7 Å². The van der Waals surface area contributed by atoms with Gasteiger partial charge in [0.1, 0.15) is 28.3 Å². The first-order valence-corrected chi connectivity index (χ1v) is 10.2. The van der Waals surface area contributed by atoms with Crippen molar-refractivity contribution in [3.8, 4) is 17.2 Å². The van der Waals surface area contributed by atoms with Crippen molar-refractivity contribution in [1.82, 2.24) is 4.98 Å². The minimum absolute atomic E-state index is 0.341. The molecule has 1 aromatic heterocycles. The lowest BCUT2D eigenvalue weighted by Gasteiger charge is -2.12. The summed E-state index contributed by atoms with van der Waals surface area (Å²) >= 11 is 3.47. The van der Waals surface area contributed by atoms with Gasteiger partial charge in [-0.15, -0.1) is 0 Å². The third-order valence-electron chi connectivity index (χ3n) is 4.50. The Labute approximate surface area is 189 Å². The standard InChI is InChI=1S/C24H22BrNO5/c1-28-21-12-17(13-22(29-2)23(21)25)4-5-18-6-7-19(24(27)30-3)14-20(18)31-15-16-8-10-26-11-9-16/h4-14H,15H2,1-3H3/b5-4+. The quantitative estimate of drug-likeness (QED) is 0.315. The first kappa shape index (κ1) is 22.4. The average Bonchev–Trinajstić information content (AvgIpc) is 2.82. The van der Waals surface area contributed by atoms with Crippen molar-refractivity contribution in [3.63, 3.8) is 0 Å². The van der Waals surface area contributed by atoms with E-state index in [4.69, 9.17) is 18.9 Å². The first-order chi connectivity index (χ1) is 15.0. The third-order valence-corrected chi connectivity index (χ3v) is 5.28. The molecule has 6 nitrogen and oxygen atoms in total. The number of esters is 1. The van der Waals surface area contributed by atoms with E-state index in [-0.39, 0.29) is 0 Å². The van der Waals surface area contributed by atoms with Crippen LogP contribution in [0, 0.1) is 0 Å². The molecule has 1 heterocycles. The molecule has 0 saturated carbocycles. The van der Waals surface area contributed by atoms with Gasteiger partial charge in [-0.1, -0.05) is 18.2 Å². The van der Waals surface area contributed by atoms with Gasteiger partial charge in [-0.2, -0.15) is 0 Å². The zero-order valence-electron chi connectivity index (χ0n) is 17.4. The summed E-state index contributed by atoms with van der Waals surface area (Å²) in [6, 6.07) is 12.7. The van der Waals surface area contributed by atoms with Gasteiger partial charge in [-0.3, -0.25) is 4.98 Å². The molecule has 0 spiro atoms. The van der Waals surface area contributed by atoms with Crippen LogP contribution in [0.5, 0.6) is 17.2 Å². The van der Waals surface area contributed by atoms with Gasteiger partial charge in [-0.25, -0.2) is 4.79 Å². The number of nitrogens with zero attached hydrogens (tertiary/aromatic N) is 1. The Morgan fingerprint density at radius 3 is 2.23 bits per heavy atom. The van der Waals surface area contributed by atoms with Gasteiger partial charge in [0, 0.05) is 18.0 Å². The summed E-state index contributed by atoms with van der Waals surface area (Å²) < 4.78 is 22.4. The van der Waals surface area contributed by atoms with Gasteiger partial charge in [0.15, 0.2) is 0 Å². The molecule has 7 heteroatoms. The number of rotatable bonds is 8. The lowest BCUT2D eigenvalue weighted by Crippen LogP contribution is -2.03. The number of carbonyl (C=O) groups is 1. The van der Waals surface area contributed by atoms with Gasteiger partial charge < -0.3 is 18.9 Å². The second-order valence-electron chi connectivity index (χ2n) is 6.46. The van der Waals surface area contributed by atoms with Gasteiger partial charge >= 0.3 is 5.97 Å². The third kappa shape index (κ3) is 5.64. The van der Waals surface area contributed by atoms with Crippen LogP contribution in [0.15, 0.2) is 59.3 Å². The molecule has 3 aromatic rings. The van der Waals surface area contributed by atoms with Gasteiger partial charge in [0.25, 0.3) is 0 Å². The van der Waals surface area contributed by atoms with Crippen molar-refractivity contribution in [2.45, 2.75) is 6.61 Å². The molecule has 0 bridgehead atoms. The van der Waals surface area contributed by atoms with Crippen LogP contribution in [0.4, 0.5) is 0 Å². The number of hydrogen-bond donors (Lipinski definition) is 0. The predicted molar refractivity (Wildman–Crippen MR) is 123 cm³/mol. The molecule has 31 heavy (non-hydrogen) atoms. The summed E-state index contributed by atoms with van der Waals surface area (Å²) in [4.78, 5) is 16.0. The van der Waals surface area contributed by atoms with Crippen LogP contribution in [0.1, 0.15) is 27.0 Å². The second kappa shape index (κ2) is 10.6. The molecule has 2 aromatic carbocycles. The maximum Gasteiger partial charge on any atom is 0.337 e. The Bertz CT molecular complexity index is 1060. The van der Waals surface area contributed by atoms with Crippen LogP contribution in [-0.2, 0) is 11.3 Å². The molecule has 3 rings (SSSR count). The molecule has 160 valence electrons. The van der Waals surface area contributed by atoms with E-state index >= 15 is 0 Å². The smallest absolute Gasteiger partial charge is 0.337 e. The number of ether oxygens (including phenoxy) is 4. The van der Waals surface area contributed by atoms with E-state index in [1.165, 1.54) is 7.11 Å². The number of carbonyl (C=O) groups excluding carboxylic acids is 1. The lowest BCUT2D eigenvalue weighted by atomic mass is 10.1. The van der Waals surface area contributed by atoms with Crippen LogP contribution in [-0.4, -0.2) is 32.3 Å². The number of hydrogen-bond acceptors (Lipinski definition) is 6. The van der Waals surface area contributed by atoms with Crippen LogP contribution >= 0.6 is 15.9 Å². The molecule has 0 saturated heterocycles. The Balaban J connectivity index is 1.93. The Hall–Kier alpha value is -3.32. The topological polar surface area (TPSA) is 66.9 Å². The van der Waals surface area contributed by atoms with E-state index in [9.17, 15) is 4.79 Å². The Morgan fingerprint density at radius 1 is 0.935 bits per heavy atom. The second-order valence-corrected chi connectivity index (χ2v) is 7.25. The van der Waals surface area contributed by atoms with Crippen molar-refractivity contribution in [3.05, 3.63) is 81.6 Å². The van der Waals surface area contributed by atoms with Crippen LogP contribution < -0.4 is 14.2 Å². The van der Waals surface area contributed by atoms with E-state index in [0.717, 1.165) is 21.2 Å². The Morgan fingerprint density at radius 2 is 1.61 bits per heavy atom. The Kier molecular flexibility index (Phi) is 7.67. The molecule has 0 aliphatic carbocycles. The van der Waals surface area contributed by atoms with Gasteiger partial charge in [-0.05, 0) is 63.5 Å². The van der Waals surface area contributed by atoms with Gasteiger partial charge in [0.2, 0.25) is 0 Å². The fourth-order valence-electron chi connectivity index (χ4n) is 2.85. The number of halogens is 1. The largest absolute Gasteiger partial charge is 0.495 e. The van der Waals surface area contributed by atoms with E-state index in [0.29, 0.717) is 29.4 Å². The SMILES string of the molecule is COC(=O)c1ccc(/C=C/c2cc(OC)c(Br)c(OC)c2)c(OCc2ccncc2)c1. The molecule has 0 amide bonds. The molecular formula is C24H22BrNO5. The molecule has 0 N–H and O–H groups in total. The molecule has 0 atom stereocenters. The maximum absolute atomic E-state index is 12.0. The van der Waals surface area contributed by atoms with Crippen molar-refractivity contribution >= 4 is 34.1 Å². The lowest BCUT2D eigenvalue weighted by molar-refractivity contribution is 0.0600. The zero-order chi connectivity index (χ0) is 22.2. The van der Waals surface area contributed by atoms with E-state index in [1.807, 2.05) is 42.5 Å². The number of benzene rings is 2. The summed E-state index contributed by atoms with van der Waals surface area (Å²) in [7, 11) is 4.55. The molecule has 0 aliphatic rings. The molecular weight excluding hydrogens is 462 g/mol. The summed E-state index contributed by atoms with van der Waals surface area (Å²) in [5, 5.41) is 0. The summed E-state index contributed by atoms with van der Waals surface area (Å²) in [6.45, 7) is 0.341. The highest BCUT2D eigenvalue weighted by atomic mass is 79.9. The zero-order valence-corrected chi connectivity index (χ0v) is 19.0. The molecule has 0 fully saturated rings. The highest BCUT2D eigenvalue weighted by Gasteiger charge is 2.11. The van der Waals surface area contributed by atoms with E-state index < -0.39 is 5.97 Å². The highest BCUT2D eigenvalue weighted by molar-refractivity contribution is 9.10. The van der Waals surface area contributed by atoms with Crippen LogP contribution in [0.3, 0.4) is 0 Å². The highest BCUT2D eigenvalue weighted by Crippen LogP contribution is 2.36. The summed E-state index contributed by atoms with van der Waals surface area (Å²) in [6.07, 6.45) is 7.24. The fraction of sp³-hybridized carbons (Fsp3) is 0.167. The van der Waals surface area contributed by atoms with Crippen LogP contribution in [0.2, 0.25) is 0 Å². The maximum atomic E-state index is 12.0. The molecule has 0 unspecified atom stereocenters. The molecule has 0 radical (unpaired) electrons. The number of aromatic nitrogens is 1. The van der Waals surface area contributed by atoms with E-state index in [2.05, 4.69) is 20.9 Å².